The molecule has 0 heterocycles. The van der Waals surface area contributed by atoms with Crippen LogP contribution >= 0.6 is 0 Å². The molecule has 0 fully saturated rings. The molecule has 2 heteroatoms. The van der Waals surface area contributed by atoms with Gasteiger partial charge >= 0.3 is 0 Å². The summed E-state index contributed by atoms with van der Waals surface area (Å²) in [4.78, 5) is 2.23. The molecule has 0 aromatic heterocycles. The predicted molar refractivity (Wildman–Crippen MR) is 85.9 cm³/mol. The number of aliphatic hydroxyl groups excluding tert-OH is 1. The molecule has 0 saturated carbocycles. The molecular weight excluding hydrogens is 246 g/mol. The molecule has 0 aliphatic carbocycles. The molecule has 0 bridgehead atoms. The number of β-amino-alcohol motifs (C(OH)–C–C–N with tert-alkyl or cyclic N) is 1. The molecule has 1 N–H and O–H groups in total. The highest BCUT2D eigenvalue weighted by atomic mass is 16.3. The summed E-state index contributed by atoms with van der Waals surface area (Å²) in [6.07, 6.45) is 0.615. The van der Waals surface area contributed by atoms with Crippen molar-refractivity contribution in [3.05, 3.63) is 48.0 Å². The molecule has 2 rings (SSSR count). The molecule has 1 unspecified atom stereocenters. The van der Waals surface area contributed by atoms with Crippen LogP contribution in [0.15, 0.2) is 42.5 Å². The van der Waals surface area contributed by atoms with E-state index in [1.807, 2.05) is 18.2 Å². The number of likely N-dealkylation sites (N-methyl/N-ethyl adjacent to an activating group) is 1. The van der Waals surface area contributed by atoms with E-state index < -0.39 is 6.10 Å². The molecule has 2 nitrogen and oxygen atoms in total. The standard InChI is InChI=1S/C18H25NO/c1-5-18(2,3)19(4)13-17(20)16-11-10-14-8-6-7-9-15(14)12-16/h6-12,17,20H,5,13H2,1-4H3. The second kappa shape index (κ2) is 5.94. The van der Waals surface area contributed by atoms with Gasteiger partial charge in [-0.25, -0.2) is 0 Å². The monoisotopic (exact) mass is 271 g/mol. The number of benzene rings is 2. The highest BCUT2D eigenvalue weighted by molar-refractivity contribution is 5.83. The summed E-state index contributed by atoms with van der Waals surface area (Å²) >= 11 is 0. The molecule has 108 valence electrons. The SMILES string of the molecule is CCC(C)(C)N(C)CC(O)c1ccc2ccccc2c1. The van der Waals surface area contributed by atoms with Crippen LogP contribution in [0, 0.1) is 0 Å². The van der Waals surface area contributed by atoms with Crippen molar-refractivity contribution in [1.29, 1.82) is 0 Å². The van der Waals surface area contributed by atoms with Crippen molar-refractivity contribution >= 4 is 10.8 Å². The first-order valence-corrected chi connectivity index (χ1v) is 7.32. The number of fused-ring (bicyclic) bond motifs is 1. The zero-order valence-corrected chi connectivity index (χ0v) is 12.9. The van der Waals surface area contributed by atoms with Crippen molar-refractivity contribution in [3.63, 3.8) is 0 Å². The predicted octanol–water partition coefficient (Wildman–Crippen LogP) is 3.99. The first kappa shape index (κ1) is 15.0. The largest absolute Gasteiger partial charge is 0.387 e. The number of aliphatic hydroxyl groups is 1. The Morgan fingerprint density at radius 1 is 1.10 bits per heavy atom. The topological polar surface area (TPSA) is 23.5 Å². The second-order valence-electron chi connectivity index (χ2n) is 6.17. The minimum absolute atomic E-state index is 0.109. The quantitative estimate of drug-likeness (QED) is 0.888. The van der Waals surface area contributed by atoms with Crippen LogP contribution in [0.4, 0.5) is 0 Å². The average Bonchev–Trinajstić information content (AvgIpc) is 2.46. The Bertz CT molecular complexity index is 576. The van der Waals surface area contributed by atoms with Gasteiger partial charge in [-0.05, 0) is 49.7 Å². The van der Waals surface area contributed by atoms with Crippen molar-refractivity contribution in [2.75, 3.05) is 13.6 Å². The van der Waals surface area contributed by atoms with Gasteiger partial charge in [-0.1, -0.05) is 43.3 Å². The maximum Gasteiger partial charge on any atom is 0.0917 e. The zero-order valence-electron chi connectivity index (χ0n) is 12.9. The fraction of sp³-hybridized carbons (Fsp3) is 0.444. The van der Waals surface area contributed by atoms with Gasteiger partial charge in [-0.3, -0.25) is 4.90 Å². The molecule has 1 atom stereocenters. The van der Waals surface area contributed by atoms with Crippen LogP contribution in [0.2, 0.25) is 0 Å². The van der Waals surface area contributed by atoms with Crippen molar-refractivity contribution in [1.82, 2.24) is 4.90 Å². The summed E-state index contributed by atoms with van der Waals surface area (Å²) in [5.74, 6) is 0. The maximum absolute atomic E-state index is 10.5. The first-order chi connectivity index (χ1) is 9.44. The Balaban J connectivity index is 2.17. The van der Waals surface area contributed by atoms with Crippen LogP contribution in [-0.4, -0.2) is 29.1 Å². The normalized spacial score (nSPS) is 13.9. The van der Waals surface area contributed by atoms with E-state index in [2.05, 4.69) is 57.0 Å². The number of hydrogen-bond acceptors (Lipinski definition) is 2. The molecule has 0 saturated heterocycles. The highest BCUT2D eigenvalue weighted by Gasteiger charge is 2.23. The van der Waals surface area contributed by atoms with Crippen LogP contribution in [0.25, 0.3) is 10.8 Å². The van der Waals surface area contributed by atoms with Crippen molar-refractivity contribution in [2.24, 2.45) is 0 Å². The van der Waals surface area contributed by atoms with Gasteiger partial charge in [0.1, 0.15) is 0 Å². The smallest absolute Gasteiger partial charge is 0.0917 e. The van der Waals surface area contributed by atoms with Crippen LogP contribution in [-0.2, 0) is 0 Å². The number of hydrogen-bond donors (Lipinski definition) is 1. The van der Waals surface area contributed by atoms with Gasteiger partial charge in [0, 0.05) is 12.1 Å². The van der Waals surface area contributed by atoms with E-state index in [0.717, 1.165) is 12.0 Å². The second-order valence-corrected chi connectivity index (χ2v) is 6.17. The summed E-state index contributed by atoms with van der Waals surface area (Å²) in [6, 6.07) is 14.5. The molecule has 0 amide bonds. The Hall–Kier alpha value is -1.38. The molecular formula is C18H25NO. The minimum atomic E-state index is -0.449. The van der Waals surface area contributed by atoms with E-state index in [4.69, 9.17) is 0 Å². The van der Waals surface area contributed by atoms with Gasteiger partial charge < -0.3 is 5.11 Å². The van der Waals surface area contributed by atoms with Gasteiger partial charge in [0.25, 0.3) is 0 Å². The third kappa shape index (κ3) is 3.20. The molecule has 2 aromatic rings. The molecule has 20 heavy (non-hydrogen) atoms. The van der Waals surface area contributed by atoms with E-state index in [1.165, 1.54) is 10.8 Å². The van der Waals surface area contributed by atoms with Crippen molar-refractivity contribution in [2.45, 2.75) is 38.8 Å². The van der Waals surface area contributed by atoms with Crippen molar-refractivity contribution in [3.8, 4) is 0 Å². The summed E-state index contributed by atoms with van der Waals surface area (Å²) in [7, 11) is 2.08. The molecule has 0 aliphatic heterocycles. The summed E-state index contributed by atoms with van der Waals surface area (Å²) in [5, 5.41) is 12.9. The van der Waals surface area contributed by atoms with Gasteiger partial charge in [0.05, 0.1) is 6.10 Å². The third-order valence-corrected chi connectivity index (χ3v) is 4.50. The lowest BCUT2D eigenvalue weighted by molar-refractivity contribution is 0.0687. The Labute approximate surface area is 122 Å². The first-order valence-electron chi connectivity index (χ1n) is 7.32. The van der Waals surface area contributed by atoms with Crippen molar-refractivity contribution < 1.29 is 5.11 Å². The van der Waals surface area contributed by atoms with E-state index in [0.29, 0.717) is 6.54 Å². The maximum atomic E-state index is 10.5. The van der Waals surface area contributed by atoms with E-state index in [-0.39, 0.29) is 5.54 Å². The fourth-order valence-corrected chi connectivity index (χ4v) is 2.30. The summed E-state index contributed by atoms with van der Waals surface area (Å²) < 4.78 is 0. The lowest BCUT2D eigenvalue weighted by Crippen LogP contribution is -2.42. The van der Waals surface area contributed by atoms with E-state index in [1.54, 1.807) is 0 Å². The Kier molecular flexibility index (Phi) is 4.46. The Morgan fingerprint density at radius 2 is 1.75 bits per heavy atom. The van der Waals surface area contributed by atoms with Gasteiger partial charge in [0.2, 0.25) is 0 Å². The van der Waals surface area contributed by atoms with Crippen LogP contribution in [0.1, 0.15) is 38.9 Å². The lowest BCUT2D eigenvalue weighted by atomic mass is 9.98. The third-order valence-electron chi connectivity index (χ3n) is 4.50. The molecule has 2 aromatic carbocycles. The van der Waals surface area contributed by atoms with Crippen LogP contribution in [0.3, 0.4) is 0 Å². The summed E-state index contributed by atoms with van der Waals surface area (Å²) in [5.41, 5.74) is 1.10. The fourth-order valence-electron chi connectivity index (χ4n) is 2.30. The highest BCUT2D eigenvalue weighted by Crippen LogP contribution is 2.24. The number of rotatable bonds is 5. The molecule has 0 radical (unpaired) electrons. The Morgan fingerprint density at radius 3 is 2.40 bits per heavy atom. The van der Waals surface area contributed by atoms with Gasteiger partial charge in [-0.2, -0.15) is 0 Å². The number of nitrogens with zero attached hydrogens (tertiary/aromatic N) is 1. The minimum Gasteiger partial charge on any atom is -0.387 e. The molecule has 0 spiro atoms. The summed E-state index contributed by atoms with van der Waals surface area (Å²) in [6.45, 7) is 7.25. The van der Waals surface area contributed by atoms with E-state index in [9.17, 15) is 5.11 Å². The van der Waals surface area contributed by atoms with Crippen LogP contribution in [0.5, 0.6) is 0 Å². The van der Waals surface area contributed by atoms with Gasteiger partial charge in [-0.15, -0.1) is 0 Å². The van der Waals surface area contributed by atoms with Gasteiger partial charge in [0.15, 0.2) is 0 Å². The lowest BCUT2D eigenvalue weighted by Gasteiger charge is -2.36. The molecule has 0 aliphatic rings. The average molecular weight is 271 g/mol. The van der Waals surface area contributed by atoms with E-state index >= 15 is 0 Å². The zero-order chi connectivity index (χ0) is 14.8. The van der Waals surface area contributed by atoms with Crippen LogP contribution < -0.4 is 0 Å².